The van der Waals surface area contributed by atoms with Crippen LogP contribution in [0.1, 0.15) is 11.1 Å². The molecule has 0 aliphatic rings. The van der Waals surface area contributed by atoms with Crippen LogP contribution >= 0.6 is 22.6 Å². The first-order valence-electron chi connectivity index (χ1n) is 6.91. The van der Waals surface area contributed by atoms with E-state index >= 15 is 0 Å². The minimum atomic E-state index is 0.729. The maximum Gasteiger partial charge on any atom is 0.127 e. The van der Waals surface area contributed by atoms with Gasteiger partial charge >= 0.3 is 0 Å². The van der Waals surface area contributed by atoms with Gasteiger partial charge in [0.1, 0.15) is 11.5 Å². The Labute approximate surface area is 139 Å². The van der Waals surface area contributed by atoms with Gasteiger partial charge in [-0.1, -0.05) is 6.07 Å². The summed E-state index contributed by atoms with van der Waals surface area (Å²) < 4.78 is 12.1. The Balaban J connectivity index is 1.96. The summed E-state index contributed by atoms with van der Waals surface area (Å²) in [4.78, 5) is 0. The largest absolute Gasteiger partial charge is 0.457 e. The second-order valence-electron chi connectivity index (χ2n) is 4.81. The van der Waals surface area contributed by atoms with Crippen LogP contribution < -0.4 is 10.1 Å². The normalized spacial score (nSPS) is 10.6. The fraction of sp³-hybridized carbons (Fsp3) is 0.294. The third-order valence-electron chi connectivity index (χ3n) is 3.16. The highest BCUT2D eigenvalue weighted by atomic mass is 127. The molecule has 0 aliphatic carbocycles. The highest BCUT2D eigenvalue weighted by Gasteiger charge is 2.02. The standard InChI is InChI=1S/C17H20INO2/c1-13-11-17(21-16-7-4-15(18)5-8-16)6-3-14(13)12-19-9-10-20-2/h3-8,11,19H,9-10,12H2,1-2H3. The molecule has 0 saturated heterocycles. The number of hydrogen-bond acceptors (Lipinski definition) is 3. The lowest BCUT2D eigenvalue weighted by Gasteiger charge is -2.11. The Bertz CT molecular complexity index is 570. The molecule has 0 unspecified atom stereocenters. The minimum absolute atomic E-state index is 0.729. The van der Waals surface area contributed by atoms with E-state index in [-0.39, 0.29) is 0 Å². The number of nitrogens with one attached hydrogen (secondary N) is 1. The molecule has 21 heavy (non-hydrogen) atoms. The van der Waals surface area contributed by atoms with E-state index in [1.807, 2.05) is 30.3 Å². The van der Waals surface area contributed by atoms with Gasteiger partial charge in [-0.3, -0.25) is 0 Å². The van der Waals surface area contributed by atoms with Crippen LogP contribution in [0, 0.1) is 10.5 Å². The molecule has 0 spiro atoms. The average molecular weight is 397 g/mol. The number of halogens is 1. The lowest BCUT2D eigenvalue weighted by atomic mass is 10.1. The van der Waals surface area contributed by atoms with E-state index < -0.39 is 0 Å². The van der Waals surface area contributed by atoms with Gasteiger partial charge < -0.3 is 14.8 Å². The molecule has 0 heterocycles. The summed E-state index contributed by atoms with van der Waals surface area (Å²) in [5.74, 6) is 1.73. The van der Waals surface area contributed by atoms with Gasteiger partial charge in [-0.15, -0.1) is 0 Å². The van der Waals surface area contributed by atoms with Crippen LogP contribution in [0.5, 0.6) is 11.5 Å². The van der Waals surface area contributed by atoms with Gasteiger partial charge in [-0.25, -0.2) is 0 Å². The van der Waals surface area contributed by atoms with Gasteiger partial charge in [0.15, 0.2) is 0 Å². The molecule has 2 rings (SSSR count). The maximum absolute atomic E-state index is 5.87. The van der Waals surface area contributed by atoms with Crippen LogP contribution in [0.2, 0.25) is 0 Å². The molecule has 0 fully saturated rings. The van der Waals surface area contributed by atoms with Crippen LogP contribution in [0.3, 0.4) is 0 Å². The second kappa shape index (κ2) is 8.36. The van der Waals surface area contributed by atoms with E-state index in [1.54, 1.807) is 7.11 Å². The topological polar surface area (TPSA) is 30.5 Å². The molecule has 0 aliphatic heterocycles. The van der Waals surface area contributed by atoms with Crippen molar-refractivity contribution in [3.63, 3.8) is 0 Å². The highest BCUT2D eigenvalue weighted by molar-refractivity contribution is 14.1. The Hall–Kier alpha value is -1.11. The number of methoxy groups -OCH3 is 1. The van der Waals surface area contributed by atoms with Crippen LogP contribution in [0.15, 0.2) is 42.5 Å². The Morgan fingerprint density at radius 3 is 2.43 bits per heavy atom. The summed E-state index contributed by atoms with van der Waals surface area (Å²) in [6, 6.07) is 14.2. The Morgan fingerprint density at radius 1 is 1.05 bits per heavy atom. The van der Waals surface area contributed by atoms with Crippen molar-refractivity contribution in [3.05, 3.63) is 57.2 Å². The fourth-order valence-corrected chi connectivity index (χ4v) is 2.33. The summed E-state index contributed by atoms with van der Waals surface area (Å²) in [5, 5.41) is 3.35. The molecule has 0 amide bonds. The highest BCUT2D eigenvalue weighted by Crippen LogP contribution is 2.24. The molecule has 112 valence electrons. The lowest BCUT2D eigenvalue weighted by molar-refractivity contribution is 0.199. The summed E-state index contributed by atoms with van der Waals surface area (Å²) in [5.41, 5.74) is 2.50. The summed E-state index contributed by atoms with van der Waals surface area (Å²) >= 11 is 2.28. The van der Waals surface area contributed by atoms with Crippen LogP contribution in [0.25, 0.3) is 0 Å². The number of hydrogen-bond donors (Lipinski definition) is 1. The molecule has 4 heteroatoms. The SMILES string of the molecule is COCCNCc1ccc(Oc2ccc(I)cc2)cc1C. The van der Waals surface area contributed by atoms with Crippen LogP contribution in [-0.2, 0) is 11.3 Å². The zero-order valence-corrected chi connectivity index (χ0v) is 14.5. The first kappa shape index (κ1) is 16.3. The van der Waals surface area contributed by atoms with Gasteiger partial charge in [-0.2, -0.15) is 0 Å². The molecular weight excluding hydrogens is 377 g/mol. The van der Waals surface area contributed by atoms with Crippen molar-refractivity contribution in [2.24, 2.45) is 0 Å². The van der Waals surface area contributed by atoms with Gasteiger partial charge in [0.05, 0.1) is 6.61 Å². The smallest absolute Gasteiger partial charge is 0.127 e. The molecule has 0 saturated carbocycles. The monoisotopic (exact) mass is 397 g/mol. The zero-order valence-electron chi connectivity index (χ0n) is 12.4. The van der Waals surface area contributed by atoms with Crippen molar-refractivity contribution in [2.75, 3.05) is 20.3 Å². The van der Waals surface area contributed by atoms with Gasteiger partial charge in [-0.05, 0) is 77.0 Å². The predicted molar refractivity (Wildman–Crippen MR) is 94.0 cm³/mol. The van der Waals surface area contributed by atoms with Crippen molar-refractivity contribution in [2.45, 2.75) is 13.5 Å². The molecular formula is C17H20INO2. The number of rotatable bonds is 7. The average Bonchev–Trinajstić information content (AvgIpc) is 2.48. The molecule has 1 N–H and O–H groups in total. The van der Waals surface area contributed by atoms with Gasteiger partial charge in [0.2, 0.25) is 0 Å². The third kappa shape index (κ3) is 5.30. The molecule has 2 aromatic carbocycles. The van der Waals surface area contributed by atoms with Crippen molar-refractivity contribution in [3.8, 4) is 11.5 Å². The molecule has 2 aromatic rings. The van der Waals surface area contributed by atoms with E-state index in [9.17, 15) is 0 Å². The van der Waals surface area contributed by atoms with E-state index in [4.69, 9.17) is 9.47 Å². The quantitative estimate of drug-likeness (QED) is 0.563. The number of aryl methyl sites for hydroxylation is 1. The van der Waals surface area contributed by atoms with Crippen molar-refractivity contribution in [1.82, 2.24) is 5.32 Å². The summed E-state index contributed by atoms with van der Waals surface area (Å²) in [6.45, 7) is 4.54. The summed E-state index contributed by atoms with van der Waals surface area (Å²) in [6.07, 6.45) is 0. The van der Waals surface area contributed by atoms with E-state index in [0.717, 1.165) is 31.2 Å². The number of ether oxygens (including phenoxy) is 2. The Kier molecular flexibility index (Phi) is 6.48. The fourth-order valence-electron chi connectivity index (χ4n) is 1.97. The van der Waals surface area contributed by atoms with Crippen molar-refractivity contribution in [1.29, 1.82) is 0 Å². The van der Waals surface area contributed by atoms with E-state index in [2.05, 4.69) is 47.0 Å². The predicted octanol–water partition coefficient (Wildman–Crippen LogP) is 4.13. The van der Waals surface area contributed by atoms with Crippen LogP contribution in [-0.4, -0.2) is 20.3 Å². The van der Waals surface area contributed by atoms with Crippen molar-refractivity contribution < 1.29 is 9.47 Å². The number of benzene rings is 2. The molecule has 0 radical (unpaired) electrons. The molecule has 0 atom stereocenters. The first-order chi connectivity index (χ1) is 10.2. The Morgan fingerprint density at radius 2 is 1.76 bits per heavy atom. The van der Waals surface area contributed by atoms with Gasteiger partial charge in [0.25, 0.3) is 0 Å². The van der Waals surface area contributed by atoms with E-state index in [1.165, 1.54) is 14.7 Å². The maximum atomic E-state index is 5.87. The summed E-state index contributed by atoms with van der Waals surface area (Å²) in [7, 11) is 1.71. The second-order valence-corrected chi connectivity index (χ2v) is 6.06. The van der Waals surface area contributed by atoms with E-state index in [0.29, 0.717) is 0 Å². The minimum Gasteiger partial charge on any atom is -0.457 e. The lowest BCUT2D eigenvalue weighted by Crippen LogP contribution is -2.19. The third-order valence-corrected chi connectivity index (χ3v) is 3.88. The first-order valence-corrected chi connectivity index (χ1v) is 7.99. The van der Waals surface area contributed by atoms with Crippen molar-refractivity contribution >= 4 is 22.6 Å². The van der Waals surface area contributed by atoms with Crippen LogP contribution in [0.4, 0.5) is 0 Å². The van der Waals surface area contributed by atoms with Gasteiger partial charge in [0, 0.05) is 23.8 Å². The zero-order chi connectivity index (χ0) is 15.1. The molecule has 0 aromatic heterocycles. The molecule has 3 nitrogen and oxygen atoms in total. The molecule has 0 bridgehead atoms.